The van der Waals surface area contributed by atoms with E-state index in [1.54, 1.807) is 32.2 Å². The molecule has 2 saturated carbocycles. The summed E-state index contributed by atoms with van der Waals surface area (Å²) in [6.45, 7) is 5.25. The van der Waals surface area contributed by atoms with Crippen molar-refractivity contribution in [2.75, 3.05) is 31.7 Å². The molecule has 3 unspecified atom stereocenters. The van der Waals surface area contributed by atoms with Gasteiger partial charge in [-0.15, -0.1) is 0 Å². The molecule has 2 aromatic carbocycles. The van der Waals surface area contributed by atoms with E-state index in [1.807, 2.05) is 25.1 Å². The molecule has 2 aromatic rings. The maximum atomic E-state index is 13.5. The zero-order valence-corrected chi connectivity index (χ0v) is 27.6. The Labute approximate surface area is 270 Å². The quantitative estimate of drug-likeness (QED) is 0.339. The molecule has 3 aliphatic carbocycles. The van der Waals surface area contributed by atoms with Gasteiger partial charge in [-0.25, -0.2) is 13.1 Å². The molecule has 2 heterocycles. The summed E-state index contributed by atoms with van der Waals surface area (Å²) in [4.78, 5) is 28.7. The van der Waals surface area contributed by atoms with Crippen LogP contribution < -0.4 is 14.4 Å². The van der Waals surface area contributed by atoms with Crippen LogP contribution in [-0.4, -0.2) is 58.3 Å². The molecular formula is C35H41ClN2O6S. The van der Waals surface area contributed by atoms with Crippen LogP contribution in [0.25, 0.3) is 0 Å². The number of hydrogen-bond donors (Lipinski definition) is 1. The van der Waals surface area contributed by atoms with Gasteiger partial charge in [-0.05, 0) is 110 Å². The van der Waals surface area contributed by atoms with Crippen molar-refractivity contribution in [1.29, 1.82) is 0 Å². The van der Waals surface area contributed by atoms with Crippen LogP contribution in [0.2, 0.25) is 5.02 Å². The third kappa shape index (κ3) is 4.92. The van der Waals surface area contributed by atoms with Gasteiger partial charge in [-0.3, -0.25) is 9.59 Å². The molecule has 7 rings (SSSR count). The molecule has 2 fully saturated rings. The fourth-order valence-corrected chi connectivity index (χ4v) is 10.3. The summed E-state index contributed by atoms with van der Waals surface area (Å²) in [6, 6.07) is 11.4. The van der Waals surface area contributed by atoms with Crippen molar-refractivity contribution >= 4 is 39.5 Å². The Morgan fingerprint density at radius 1 is 1.16 bits per heavy atom. The van der Waals surface area contributed by atoms with E-state index < -0.39 is 26.8 Å². The summed E-state index contributed by atoms with van der Waals surface area (Å²) in [5.74, 6) is 0.171. The number of sulfonamides is 1. The number of fused-ring (bicyclic) bond motifs is 3. The number of methoxy groups -OCH3 is 1. The number of carbonyl (C=O) groups excluding carboxylic acids is 2. The third-order valence-corrected chi connectivity index (χ3v) is 13.9. The lowest BCUT2D eigenvalue weighted by atomic mass is 9.63. The number of ether oxygens (including phenoxy) is 2. The van der Waals surface area contributed by atoms with Gasteiger partial charge in [0.2, 0.25) is 10.0 Å². The van der Waals surface area contributed by atoms with Gasteiger partial charge in [0.05, 0.1) is 17.5 Å². The van der Waals surface area contributed by atoms with Crippen LogP contribution >= 0.6 is 11.6 Å². The SMILES string of the molecule is COC1(C=O)/C=C/C[C@H](C)[C@@H](C)S(=O)(=O)NC(=O)c2ccc3c(c2)N(CC24CC2C[C@@H]14)C[C@@]1(CCCc2cc(Cl)ccc21)CO3. The Balaban J connectivity index is 1.36. The maximum Gasteiger partial charge on any atom is 0.264 e. The molecule has 240 valence electrons. The number of anilines is 1. The van der Waals surface area contributed by atoms with E-state index in [-0.39, 0.29) is 28.2 Å². The summed E-state index contributed by atoms with van der Waals surface area (Å²) < 4.78 is 41.6. The summed E-state index contributed by atoms with van der Waals surface area (Å²) in [5.41, 5.74) is 1.97. The predicted octanol–water partition coefficient (Wildman–Crippen LogP) is 5.47. The van der Waals surface area contributed by atoms with Crippen LogP contribution in [0.3, 0.4) is 0 Å². The van der Waals surface area contributed by atoms with Crippen molar-refractivity contribution in [2.45, 2.75) is 68.6 Å². The second-order valence-electron chi connectivity index (χ2n) is 14.2. The number of rotatable bonds is 2. The van der Waals surface area contributed by atoms with E-state index >= 15 is 0 Å². The fourth-order valence-electron chi connectivity index (χ4n) is 8.77. The molecule has 0 aromatic heterocycles. The summed E-state index contributed by atoms with van der Waals surface area (Å²) in [6.07, 6.45) is 9.87. The number of allylic oxidation sites excluding steroid dienone is 1. The summed E-state index contributed by atoms with van der Waals surface area (Å²) in [5, 5.41) is -0.117. The van der Waals surface area contributed by atoms with Crippen molar-refractivity contribution in [1.82, 2.24) is 4.72 Å². The van der Waals surface area contributed by atoms with Crippen LogP contribution in [0, 0.1) is 23.2 Å². The summed E-state index contributed by atoms with van der Waals surface area (Å²) >= 11 is 6.43. The molecule has 45 heavy (non-hydrogen) atoms. The Hall–Kier alpha value is -2.88. The van der Waals surface area contributed by atoms with Crippen LogP contribution in [0.1, 0.15) is 67.4 Å². The van der Waals surface area contributed by atoms with E-state index in [1.165, 1.54) is 11.1 Å². The molecular weight excluding hydrogens is 612 g/mol. The van der Waals surface area contributed by atoms with Gasteiger partial charge < -0.3 is 14.4 Å². The highest BCUT2D eigenvalue weighted by molar-refractivity contribution is 7.90. The molecule has 10 heteroatoms. The number of hydrogen-bond acceptors (Lipinski definition) is 7. The molecule has 2 spiro atoms. The van der Waals surface area contributed by atoms with Crippen molar-refractivity contribution in [3.63, 3.8) is 0 Å². The minimum absolute atomic E-state index is 0.0226. The van der Waals surface area contributed by atoms with Crippen molar-refractivity contribution in [3.05, 3.63) is 70.3 Å². The van der Waals surface area contributed by atoms with Gasteiger partial charge in [0.15, 0.2) is 6.29 Å². The van der Waals surface area contributed by atoms with E-state index in [4.69, 9.17) is 21.1 Å². The minimum Gasteiger partial charge on any atom is -0.490 e. The number of aryl methyl sites for hydroxylation is 1. The topological polar surface area (TPSA) is 102 Å². The van der Waals surface area contributed by atoms with Crippen molar-refractivity contribution in [2.24, 2.45) is 23.2 Å². The maximum absolute atomic E-state index is 13.5. The van der Waals surface area contributed by atoms with Gasteiger partial charge in [-0.2, -0.15) is 0 Å². The number of amides is 1. The highest BCUT2D eigenvalue weighted by Gasteiger charge is 2.73. The van der Waals surface area contributed by atoms with Gasteiger partial charge in [0, 0.05) is 42.1 Å². The van der Waals surface area contributed by atoms with Gasteiger partial charge in [0.1, 0.15) is 11.4 Å². The molecule has 5 aliphatic rings. The van der Waals surface area contributed by atoms with E-state index in [9.17, 15) is 18.0 Å². The van der Waals surface area contributed by atoms with Crippen LogP contribution in [0.4, 0.5) is 5.69 Å². The van der Waals surface area contributed by atoms with Crippen molar-refractivity contribution < 1.29 is 27.5 Å². The first-order valence-corrected chi connectivity index (χ1v) is 17.9. The first-order chi connectivity index (χ1) is 21.5. The highest BCUT2D eigenvalue weighted by atomic mass is 35.5. The average Bonchev–Trinajstić information content (AvgIpc) is 3.62. The third-order valence-electron chi connectivity index (χ3n) is 11.8. The zero-order chi connectivity index (χ0) is 31.8. The second-order valence-corrected chi connectivity index (χ2v) is 16.6. The largest absolute Gasteiger partial charge is 0.490 e. The lowest BCUT2D eigenvalue weighted by molar-refractivity contribution is -0.137. The molecule has 2 aliphatic heterocycles. The fraction of sp³-hybridized carbons (Fsp3) is 0.543. The first-order valence-electron chi connectivity index (χ1n) is 16.0. The van der Waals surface area contributed by atoms with Crippen LogP contribution in [-0.2, 0) is 31.4 Å². The molecule has 1 amide bonds. The van der Waals surface area contributed by atoms with E-state index in [2.05, 4.69) is 21.8 Å². The Kier molecular flexibility index (Phi) is 7.41. The van der Waals surface area contributed by atoms with Gasteiger partial charge in [-0.1, -0.05) is 30.7 Å². The lowest BCUT2D eigenvalue weighted by Gasteiger charge is -2.49. The number of nitrogens with zero attached hydrogens (tertiary/aromatic N) is 1. The van der Waals surface area contributed by atoms with Gasteiger partial charge >= 0.3 is 0 Å². The Bertz CT molecular complexity index is 1690. The average molecular weight is 653 g/mol. The summed E-state index contributed by atoms with van der Waals surface area (Å²) in [7, 11) is -2.39. The molecule has 2 bridgehead atoms. The number of nitrogens with one attached hydrogen (secondary N) is 1. The molecule has 0 radical (unpaired) electrons. The number of benzene rings is 2. The zero-order valence-electron chi connectivity index (χ0n) is 26.1. The molecule has 7 atom stereocenters. The monoisotopic (exact) mass is 652 g/mol. The number of halogens is 1. The normalized spacial score (nSPS) is 37.4. The standard InChI is InChI=1S/C35H41ClN2O6S/c1-22-6-4-13-35(20-39,43-3)31-16-26-17-34(26,31)19-38-18-33(12-5-7-24-14-27(36)9-10-28(24)33)21-44-30-11-8-25(15-29(30)38)32(40)37-45(41,42)23(22)2/h4,8-11,13-15,20,22-23,26,31H,5-7,12,16-19,21H2,1-3H3,(H,37,40)/b13-4+/t22-,23+,26?,31+,33-,34?,35?/m0/s1. The predicted molar refractivity (Wildman–Crippen MR) is 173 cm³/mol. The smallest absolute Gasteiger partial charge is 0.264 e. The van der Waals surface area contributed by atoms with Crippen LogP contribution in [0.5, 0.6) is 5.75 Å². The Morgan fingerprint density at radius 3 is 2.71 bits per heavy atom. The molecule has 0 saturated heterocycles. The number of aldehydes is 1. The van der Waals surface area contributed by atoms with Gasteiger partial charge in [0.25, 0.3) is 5.91 Å². The first kappa shape index (κ1) is 30.8. The molecule has 8 nitrogen and oxygen atoms in total. The van der Waals surface area contributed by atoms with Crippen molar-refractivity contribution in [3.8, 4) is 5.75 Å². The van der Waals surface area contributed by atoms with E-state index in [0.717, 1.165) is 49.1 Å². The second kappa shape index (κ2) is 10.8. The van der Waals surface area contributed by atoms with E-state index in [0.29, 0.717) is 37.8 Å². The van der Waals surface area contributed by atoms with Crippen LogP contribution in [0.15, 0.2) is 48.6 Å². The molecule has 1 N–H and O–H groups in total. The Morgan fingerprint density at radius 2 is 1.98 bits per heavy atom. The lowest BCUT2D eigenvalue weighted by Crippen LogP contribution is -2.55. The minimum atomic E-state index is -3.98. The highest BCUT2D eigenvalue weighted by Crippen LogP contribution is 2.74. The number of carbonyl (C=O) groups is 2.